The van der Waals surface area contributed by atoms with Crippen molar-refractivity contribution in [2.45, 2.75) is 51.5 Å². The van der Waals surface area contributed by atoms with E-state index in [4.69, 9.17) is 0 Å². The van der Waals surface area contributed by atoms with Crippen LogP contribution in [0.5, 0.6) is 0 Å². The van der Waals surface area contributed by atoms with Crippen molar-refractivity contribution in [1.82, 2.24) is 9.80 Å². The SMILES string of the molecule is O=C(Nc1ccc(CCN2CCCCC2)cc1)c1cccc(CN2CCCCC2)c1. The van der Waals surface area contributed by atoms with Gasteiger partial charge in [0.15, 0.2) is 0 Å². The number of carbonyl (C=O) groups excluding carboxylic acids is 1. The Kier molecular flexibility index (Phi) is 7.54. The Labute approximate surface area is 181 Å². The molecule has 2 aliphatic rings. The summed E-state index contributed by atoms with van der Waals surface area (Å²) in [7, 11) is 0. The Hall–Kier alpha value is -2.17. The van der Waals surface area contributed by atoms with Gasteiger partial charge in [0.25, 0.3) is 5.91 Å². The zero-order valence-corrected chi connectivity index (χ0v) is 18.1. The molecule has 0 spiro atoms. The molecule has 2 aromatic rings. The topological polar surface area (TPSA) is 35.6 Å². The summed E-state index contributed by atoms with van der Waals surface area (Å²) in [6.45, 7) is 6.89. The summed E-state index contributed by atoms with van der Waals surface area (Å²) in [4.78, 5) is 17.8. The second kappa shape index (κ2) is 10.7. The molecule has 160 valence electrons. The maximum absolute atomic E-state index is 12.7. The van der Waals surface area contributed by atoms with E-state index in [-0.39, 0.29) is 5.91 Å². The van der Waals surface area contributed by atoms with Crippen molar-refractivity contribution < 1.29 is 4.79 Å². The van der Waals surface area contributed by atoms with E-state index in [0.29, 0.717) is 0 Å². The number of benzene rings is 2. The highest BCUT2D eigenvalue weighted by molar-refractivity contribution is 6.04. The summed E-state index contributed by atoms with van der Waals surface area (Å²) in [5.41, 5.74) is 4.15. The monoisotopic (exact) mass is 405 g/mol. The highest BCUT2D eigenvalue weighted by Gasteiger charge is 2.13. The summed E-state index contributed by atoms with van der Waals surface area (Å²) in [5, 5.41) is 3.06. The largest absolute Gasteiger partial charge is 0.322 e. The van der Waals surface area contributed by atoms with Crippen LogP contribution in [0.4, 0.5) is 5.69 Å². The van der Waals surface area contributed by atoms with Gasteiger partial charge in [-0.2, -0.15) is 0 Å². The van der Waals surface area contributed by atoms with Crippen molar-refractivity contribution in [2.24, 2.45) is 0 Å². The number of hydrogen-bond acceptors (Lipinski definition) is 3. The van der Waals surface area contributed by atoms with Crippen LogP contribution >= 0.6 is 0 Å². The Morgan fingerprint density at radius 2 is 1.43 bits per heavy atom. The predicted octanol–water partition coefficient (Wildman–Crippen LogP) is 4.95. The minimum absolute atomic E-state index is 0.0310. The van der Waals surface area contributed by atoms with E-state index in [1.165, 1.54) is 75.8 Å². The summed E-state index contributed by atoms with van der Waals surface area (Å²) in [5.74, 6) is -0.0310. The highest BCUT2D eigenvalue weighted by Crippen LogP contribution is 2.17. The van der Waals surface area contributed by atoms with Crippen molar-refractivity contribution >= 4 is 11.6 Å². The number of rotatable bonds is 7. The van der Waals surface area contributed by atoms with E-state index in [9.17, 15) is 4.79 Å². The van der Waals surface area contributed by atoms with Gasteiger partial charge in [0, 0.05) is 24.3 Å². The molecule has 2 heterocycles. The standard InChI is InChI=1S/C26H35N3O/c30-26(24-9-7-8-23(20-24)21-29-17-5-2-6-18-29)27-25-12-10-22(11-13-25)14-19-28-15-3-1-4-16-28/h7-13,20H,1-6,14-19,21H2,(H,27,30). The van der Waals surface area contributed by atoms with Crippen molar-refractivity contribution in [1.29, 1.82) is 0 Å². The molecule has 0 saturated carbocycles. The van der Waals surface area contributed by atoms with E-state index < -0.39 is 0 Å². The molecule has 30 heavy (non-hydrogen) atoms. The lowest BCUT2D eigenvalue weighted by molar-refractivity contribution is 0.102. The molecule has 0 atom stereocenters. The fraction of sp³-hybridized carbons (Fsp3) is 0.500. The van der Waals surface area contributed by atoms with E-state index in [2.05, 4.69) is 33.3 Å². The minimum Gasteiger partial charge on any atom is -0.322 e. The van der Waals surface area contributed by atoms with Gasteiger partial charge in [-0.25, -0.2) is 0 Å². The molecular formula is C26H35N3O. The molecule has 4 nitrogen and oxygen atoms in total. The van der Waals surface area contributed by atoms with Gasteiger partial charge in [0.2, 0.25) is 0 Å². The van der Waals surface area contributed by atoms with Crippen LogP contribution in [0.3, 0.4) is 0 Å². The third-order valence-corrected chi connectivity index (χ3v) is 6.42. The van der Waals surface area contributed by atoms with Crippen LogP contribution in [-0.4, -0.2) is 48.4 Å². The average Bonchev–Trinajstić information content (AvgIpc) is 2.80. The summed E-state index contributed by atoms with van der Waals surface area (Å²) < 4.78 is 0. The van der Waals surface area contributed by atoms with E-state index in [1.807, 2.05) is 30.3 Å². The first-order valence-corrected chi connectivity index (χ1v) is 11.7. The number of likely N-dealkylation sites (tertiary alicyclic amines) is 2. The minimum atomic E-state index is -0.0310. The first kappa shape index (κ1) is 21.1. The van der Waals surface area contributed by atoms with Crippen molar-refractivity contribution in [2.75, 3.05) is 38.0 Å². The van der Waals surface area contributed by atoms with Gasteiger partial charge in [0.05, 0.1) is 0 Å². The lowest BCUT2D eigenvalue weighted by Gasteiger charge is -2.26. The fourth-order valence-corrected chi connectivity index (χ4v) is 4.61. The van der Waals surface area contributed by atoms with Crippen LogP contribution in [-0.2, 0) is 13.0 Å². The normalized spacial score (nSPS) is 18.3. The van der Waals surface area contributed by atoms with Gasteiger partial charge in [-0.1, -0.05) is 37.1 Å². The van der Waals surface area contributed by atoms with Crippen molar-refractivity contribution in [3.8, 4) is 0 Å². The van der Waals surface area contributed by atoms with Gasteiger partial charge < -0.3 is 10.2 Å². The molecule has 2 aromatic carbocycles. The summed E-state index contributed by atoms with van der Waals surface area (Å²) in [6, 6.07) is 16.4. The molecule has 1 amide bonds. The zero-order valence-electron chi connectivity index (χ0n) is 18.1. The fourth-order valence-electron chi connectivity index (χ4n) is 4.61. The molecule has 0 bridgehead atoms. The smallest absolute Gasteiger partial charge is 0.255 e. The van der Waals surface area contributed by atoms with E-state index in [1.54, 1.807) is 0 Å². The second-order valence-electron chi connectivity index (χ2n) is 8.84. The van der Waals surface area contributed by atoms with Crippen LogP contribution in [0.15, 0.2) is 48.5 Å². The zero-order chi connectivity index (χ0) is 20.6. The number of nitrogens with one attached hydrogen (secondary N) is 1. The first-order chi connectivity index (χ1) is 14.8. The quantitative estimate of drug-likeness (QED) is 0.708. The number of amides is 1. The van der Waals surface area contributed by atoms with Gasteiger partial charge in [-0.15, -0.1) is 0 Å². The third kappa shape index (κ3) is 6.16. The average molecular weight is 406 g/mol. The molecule has 0 aliphatic carbocycles. The molecule has 0 radical (unpaired) electrons. The molecule has 2 aliphatic heterocycles. The van der Waals surface area contributed by atoms with Crippen LogP contribution in [0.1, 0.15) is 60.0 Å². The van der Waals surface area contributed by atoms with Gasteiger partial charge >= 0.3 is 0 Å². The van der Waals surface area contributed by atoms with Crippen LogP contribution in [0.25, 0.3) is 0 Å². The predicted molar refractivity (Wildman–Crippen MR) is 124 cm³/mol. The highest BCUT2D eigenvalue weighted by atomic mass is 16.1. The number of hydrogen-bond donors (Lipinski definition) is 1. The number of anilines is 1. The Bertz CT molecular complexity index is 805. The number of carbonyl (C=O) groups is 1. The van der Waals surface area contributed by atoms with Gasteiger partial charge in [-0.05, 0) is 93.7 Å². The third-order valence-electron chi connectivity index (χ3n) is 6.42. The van der Waals surface area contributed by atoms with Crippen molar-refractivity contribution in [3.63, 3.8) is 0 Å². The van der Waals surface area contributed by atoms with Gasteiger partial charge in [-0.3, -0.25) is 9.69 Å². The molecule has 4 heteroatoms. The Morgan fingerprint density at radius 1 is 0.767 bits per heavy atom. The Morgan fingerprint density at radius 3 is 2.13 bits per heavy atom. The lowest BCUT2D eigenvalue weighted by atomic mass is 10.1. The molecule has 1 N–H and O–H groups in total. The van der Waals surface area contributed by atoms with Crippen LogP contribution < -0.4 is 5.32 Å². The summed E-state index contributed by atoms with van der Waals surface area (Å²) >= 11 is 0. The maximum atomic E-state index is 12.7. The maximum Gasteiger partial charge on any atom is 0.255 e. The van der Waals surface area contributed by atoms with Crippen molar-refractivity contribution in [3.05, 3.63) is 65.2 Å². The van der Waals surface area contributed by atoms with Crippen LogP contribution in [0.2, 0.25) is 0 Å². The summed E-state index contributed by atoms with van der Waals surface area (Å²) in [6.07, 6.45) is 9.05. The molecule has 2 fully saturated rings. The number of piperidine rings is 2. The number of nitrogens with zero attached hydrogens (tertiary/aromatic N) is 2. The Balaban J connectivity index is 1.29. The lowest BCUT2D eigenvalue weighted by Crippen LogP contribution is -2.31. The molecule has 0 aromatic heterocycles. The van der Waals surface area contributed by atoms with Crippen LogP contribution in [0, 0.1) is 0 Å². The molecule has 4 rings (SSSR count). The van der Waals surface area contributed by atoms with Gasteiger partial charge in [0.1, 0.15) is 0 Å². The molecular weight excluding hydrogens is 370 g/mol. The van der Waals surface area contributed by atoms with E-state index >= 15 is 0 Å². The molecule has 0 unspecified atom stereocenters. The first-order valence-electron chi connectivity index (χ1n) is 11.7. The van der Waals surface area contributed by atoms with E-state index in [0.717, 1.165) is 30.8 Å². The molecule has 2 saturated heterocycles. The second-order valence-corrected chi connectivity index (χ2v) is 8.84.